The molecule has 17 heavy (non-hydrogen) atoms. The van der Waals surface area contributed by atoms with Crippen LogP contribution in [0.5, 0.6) is 0 Å². The van der Waals surface area contributed by atoms with Crippen LogP contribution in [-0.4, -0.2) is 37.0 Å². The molecular weight excluding hydrogens is 300 g/mol. The first kappa shape index (κ1) is 13.1. The maximum absolute atomic E-state index is 11.9. The molecule has 3 nitrogen and oxygen atoms in total. The summed E-state index contributed by atoms with van der Waals surface area (Å²) >= 11 is 4.86. The summed E-state index contributed by atoms with van der Waals surface area (Å²) in [6.45, 7) is 1.89. The summed E-state index contributed by atoms with van der Waals surface area (Å²) in [5, 5.41) is 4.95. The van der Waals surface area contributed by atoms with E-state index in [1.165, 1.54) is 30.6 Å². The molecule has 1 aromatic rings. The monoisotopic (exact) mass is 316 g/mol. The second kappa shape index (κ2) is 5.98. The molecule has 1 aliphatic rings. The topological polar surface area (TPSA) is 32.3 Å². The van der Waals surface area contributed by atoms with Gasteiger partial charge in [0.15, 0.2) is 0 Å². The molecule has 2 heterocycles. The number of nitrogens with one attached hydrogen (secondary N) is 1. The Balaban J connectivity index is 1.86. The number of carbonyl (C=O) groups is 1. The van der Waals surface area contributed by atoms with Gasteiger partial charge in [0.1, 0.15) is 4.88 Å². The molecule has 1 N–H and O–H groups in total. The van der Waals surface area contributed by atoms with E-state index in [0.717, 1.165) is 22.4 Å². The number of thiophene rings is 1. The van der Waals surface area contributed by atoms with Gasteiger partial charge in [0, 0.05) is 17.1 Å². The molecule has 1 atom stereocenters. The minimum atomic E-state index is 0.0332. The van der Waals surface area contributed by atoms with Crippen molar-refractivity contribution in [1.82, 2.24) is 10.2 Å². The van der Waals surface area contributed by atoms with Gasteiger partial charge in [-0.25, -0.2) is 0 Å². The van der Waals surface area contributed by atoms with Gasteiger partial charge >= 0.3 is 0 Å². The molecule has 1 saturated heterocycles. The fourth-order valence-corrected chi connectivity index (χ4v) is 3.62. The van der Waals surface area contributed by atoms with E-state index in [-0.39, 0.29) is 5.91 Å². The number of halogens is 1. The number of carbonyl (C=O) groups excluding carboxylic acids is 1. The zero-order valence-corrected chi connectivity index (χ0v) is 12.3. The average molecular weight is 317 g/mol. The lowest BCUT2D eigenvalue weighted by Crippen LogP contribution is -2.44. The smallest absolute Gasteiger partial charge is 0.262 e. The average Bonchev–Trinajstić information content (AvgIpc) is 2.74. The quantitative estimate of drug-likeness (QED) is 0.930. The zero-order chi connectivity index (χ0) is 12.3. The maximum atomic E-state index is 11.9. The van der Waals surface area contributed by atoms with Gasteiger partial charge in [-0.15, -0.1) is 11.3 Å². The maximum Gasteiger partial charge on any atom is 0.262 e. The highest BCUT2D eigenvalue weighted by Crippen LogP contribution is 2.22. The minimum Gasteiger partial charge on any atom is -0.350 e. The molecule has 1 unspecified atom stereocenters. The van der Waals surface area contributed by atoms with E-state index < -0.39 is 0 Å². The number of piperidine rings is 1. The highest BCUT2D eigenvalue weighted by molar-refractivity contribution is 9.10. The predicted octanol–water partition coefficient (Wildman–Crippen LogP) is 2.72. The summed E-state index contributed by atoms with van der Waals surface area (Å²) < 4.78 is 0.886. The molecule has 0 saturated carbocycles. The highest BCUT2D eigenvalue weighted by atomic mass is 79.9. The summed E-state index contributed by atoms with van der Waals surface area (Å²) in [6.07, 6.45) is 3.73. The Bertz CT molecular complexity index is 394. The van der Waals surface area contributed by atoms with Gasteiger partial charge < -0.3 is 10.2 Å². The molecule has 94 valence electrons. The van der Waals surface area contributed by atoms with Crippen LogP contribution < -0.4 is 5.32 Å². The fourth-order valence-electron chi connectivity index (χ4n) is 2.15. The van der Waals surface area contributed by atoms with Crippen molar-refractivity contribution >= 4 is 33.2 Å². The normalized spacial score (nSPS) is 21.4. The fraction of sp³-hybridized carbons (Fsp3) is 0.583. The minimum absolute atomic E-state index is 0.0332. The van der Waals surface area contributed by atoms with Gasteiger partial charge in [-0.2, -0.15) is 0 Å². The number of likely N-dealkylation sites (N-methyl/N-ethyl adjacent to an activating group) is 1. The number of hydrogen-bond donors (Lipinski definition) is 1. The number of amides is 1. The predicted molar refractivity (Wildman–Crippen MR) is 74.6 cm³/mol. The lowest BCUT2D eigenvalue weighted by molar-refractivity contribution is 0.0932. The number of hydrogen-bond acceptors (Lipinski definition) is 3. The van der Waals surface area contributed by atoms with Crippen LogP contribution in [0.3, 0.4) is 0 Å². The Morgan fingerprint density at radius 2 is 2.47 bits per heavy atom. The van der Waals surface area contributed by atoms with Crippen molar-refractivity contribution < 1.29 is 4.79 Å². The zero-order valence-electron chi connectivity index (χ0n) is 9.91. The lowest BCUT2D eigenvalue weighted by atomic mass is 10.0. The molecule has 2 rings (SSSR count). The van der Waals surface area contributed by atoms with Crippen molar-refractivity contribution in [3.8, 4) is 0 Å². The molecule has 5 heteroatoms. The summed E-state index contributed by atoms with van der Waals surface area (Å²) in [7, 11) is 2.14. The lowest BCUT2D eigenvalue weighted by Gasteiger charge is -2.32. The molecular formula is C12H17BrN2OS. The third-order valence-corrected chi connectivity index (χ3v) is 5.08. The second-order valence-corrected chi connectivity index (χ2v) is 6.21. The van der Waals surface area contributed by atoms with Gasteiger partial charge in [-0.1, -0.05) is 6.42 Å². The van der Waals surface area contributed by atoms with Gasteiger partial charge in [-0.3, -0.25) is 4.79 Å². The van der Waals surface area contributed by atoms with Crippen LogP contribution in [0, 0.1) is 0 Å². The molecule has 0 aliphatic carbocycles. The first-order valence-electron chi connectivity index (χ1n) is 5.90. The molecule has 1 aromatic heterocycles. The third kappa shape index (κ3) is 3.30. The van der Waals surface area contributed by atoms with Crippen LogP contribution in [0.15, 0.2) is 15.9 Å². The molecule has 1 amide bonds. The Hall–Kier alpha value is -0.390. The van der Waals surface area contributed by atoms with E-state index in [2.05, 4.69) is 33.2 Å². The van der Waals surface area contributed by atoms with E-state index in [0.29, 0.717) is 6.04 Å². The summed E-state index contributed by atoms with van der Waals surface area (Å²) in [6, 6.07) is 2.40. The van der Waals surface area contributed by atoms with Crippen LogP contribution in [-0.2, 0) is 0 Å². The van der Waals surface area contributed by atoms with Gasteiger partial charge in [0.25, 0.3) is 5.91 Å². The number of nitrogens with zero attached hydrogens (tertiary/aromatic N) is 1. The highest BCUT2D eigenvalue weighted by Gasteiger charge is 2.20. The molecule has 0 radical (unpaired) electrons. The van der Waals surface area contributed by atoms with Crippen LogP contribution in [0.25, 0.3) is 0 Å². The van der Waals surface area contributed by atoms with Crippen molar-refractivity contribution in [2.75, 3.05) is 20.1 Å². The summed E-state index contributed by atoms with van der Waals surface area (Å²) in [5.74, 6) is 0.0332. The molecule has 1 fully saturated rings. The third-order valence-electron chi connectivity index (χ3n) is 3.24. The summed E-state index contributed by atoms with van der Waals surface area (Å²) in [4.78, 5) is 15.0. The largest absolute Gasteiger partial charge is 0.350 e. The summed E-state index contributed by atoms with van der Waals surface area (Å²) in [5.41, 5.74) is 0. The first-order chi connectivity index (χ1) is 8.18. The SMILES string of the molecule is CN1CCCCC1CNC(=O)c1sccc1Br. The van der Waals surface area contributed by atoms with Crippen molar-refractivity contribution in [2.45, 2.75) is 25.3 Å². The Kier molecular flexibility index (Phi) is 4.59. The van der Waals surface area contributed by atoms with E-state index in [9.17, 15) is 4.79 Å². The van der Waals surface area contributed by atoms with Crippen LogP contribution in [0.4, 0.5) is 0 Å². The molecule has 1 aliphatic heterocycles. The first-order valence-corrected chi connectivity index (χ1v) is 7.57. The van der Waals surface area contributed by atoms with Crippen molar-refractivity contribution in [3.63, 3.8) is 0 Å². The van der Waals surface area contributed by atoms with E-state index in [1.54, 1.807) is 0 Å². The van der Waals surface area contributed by atoms with Crippen molar-refractivity contribution in [2.24, 2.45) is 0 Å². The van der Waals surface area contributed by atoms with Crippen LogP contribution in [0.2, 0.25) is 0 Å². The number of likely N-dealkylation sites (tertiary alicyclic amines) is 1. The van der Waals surface area contributed by atoms with Crippen LogP contribution in [0.1, 0.15) is 28.9 Å². The van der Waals surface area contributed by atoms with Gasteiger partial charge in [0.05, 0.1) is 0 Å². The van der Waals surface area contributed by atoms with Gasteiger partial charge in [-0.05, 0) is 53.8 Å². The number of rotatable bonds is 3. The van der Waals surface area contributed by atoms with Crippen molar-refractivity contribution in [3.05, 3.63) is 20.8 Å². The molecule has 0 spiro atoms. The second-order valence-electron chi connectivity index (χ2n) is 4.44. The van der Waals surface area contributed by atoms with Crippen molar-refractivity contribution in [1.29, 1.82) is 0 Å². The Labute approximate surface area is 114 Å². The van der Waals surface area contributed by atoms with Crippen LogP contribution >= 0.6 is 27.3 Å². The van der Waals surface area contributed by atoms with E-state index in [4.69, 9.17) is 0 Å². The Morgan fingerprint density at radius 3 is 3.12 bits per heavy atom. The van der Waals surface area contributed by atoms with E-state index in [1.807, 2.05) is 11.4 Å². The van der Waals surface area contributed by atoms with Gasteiger partial charge in [0.2, 0.25) is 0 Å². The van der Waals surface area contributed by atoms with E-state index >= 15 is 0 Å². The Morgan fingerprint density at radius 1 is 1.65 bits per heavy atom. The standard InChI is InChI=1S/C12H17BrN2OS/c1-15-6-3-2-4-9(15)8-14-12(16)11-10(13)5-7-17-11/h5,7,9H,2-4,6,8H2,1H3,(H,14,16). The molecule has 0 bridgehead atoms. The molecule has 0 aromatic carbocycles.